The molecule has 2 atom stereocenters. The third-order valence-corrected chi connectivity index (χ3v) is 8.78. The summed E-state index contributed by atoms with van der Waals surface area (Å²) in [6.45, 7) is 14.8. The fraction of sp³-hybridized carbons (Fsp3) is 0.438. The number of hydrogen-bond donors (Lipinski definition) is 0. The Balaban J connectivity index is 0.00000221. The Hall–Kier alpha value is -3.53. The van der Waals surface area contributed by atoms with Crippen molar-refractivity contribution in [1.29, 1.82) is 0 Å². The molecule has 1 amide bonds. The summed E-state index contributed by atoms with van der Waals surface area (Å²) in [6, 6.07) is 15.0. The van der Waals surface area contributed by atoms with Crippen molar-refractivity contribution in [2.24, 2.45) is 0 Å². The summed E-state index contributed by atoms with van der Waals surface area (Å²) in [5.41, 5.74) is 3.16. The minimum Gasteiger partial charge on any atom is -0.462 e. The summed E-state index contributed by atoms with van der Waals surface area (Å²) in [4.78, 5) is 34.1. The third-order valence-electron chi connectivity index (χ3n) is 8.78. The maximum atomic E-state index is 13.8. The number of ether oxygens (including phenoxy) is 1. The summed E-state index contributed by atoms with van der Waals surface area (Å²) in [5, 5.41) is 2.40. The lowest BCUT2D eigenvalue weighted by atomic mass is 10.0. The van der Waals surface area contributed by atoms with E-state index in [1.54, 1.807) is 0 Å². The van der Waals surface area contributed by atoms with Crippen LogP contribution in [0.15, 0.2) is 54.9 Å². The van der Waals surface area contributed by atoms with Gasteiger partial charge < -0.3 is 29.2 Å². The number of aromatic nitrogens is 2. The van der Waals surface area contributed by atoms with Crippen LogP contribution in [0.2, 0.25) is 0 Å². The largest absolute Gasteiger partial charge is 0.462 e. The summed E-state index contributed by atoms with van der Waals surface area (Å²) < 4.78 is 20.0. The zero-order valence-corrected chi connectivity index (χ0v) is 27.0. The molecule has 3 aliphatic heterocycles. The first kappa shape index (κ1) is 33.4. The minimum absolute atomic E-state index is 0. The van der Waals surface area contributed by atoms with Gasteiger partial charge in [-0.3, -0.25) is 4.79 Å². The van der Waals surface area contributed by atoms with Gasteiger partial charge in [0.1, 0.15) is 18.5 Å². The first-order valence-corrected chi connectivity index (χ1v) is 14.6. The number of benzene rings is 2. The van der Waals surface area contributed by atoms with Crippen molar-refractivity contribution < 1.29 is 13.9 Å². The molecule has 2 saturated heterocycles. The average molecular weight is 638 g/mol. The van der Waals surface area contributed by atoms with Crippen molar-refractivity contribution in [2.45, 2.75) is 37.9 Å². The predicted molar refractivity (Wildman–Crippen MR) is 182 cm³/mol. The first-order chi connectivity index (χ1) is 20.4. The van der Waals surface area contributed by atoms with Crippen LogP contribution in [-0.2, 0) is 17.8 Å². The number of carbonyl (C=O) groups is 1. The van der Waals surface area contributed by atoms with Crippen molar-refractivity contribution in [3.8, 4) is 6.01 Å². The van der Waals surface area contributed by atoms with Gasteiger partial charge in [0, 0.05) is 48.9 Å². The molecule has 4 heterocycles. The van der Waals surface area contributed by atoms with Crippen molar-refractivity contribution in [2.75, 3.05) is 62.7 Å². The molecule has 0 aliphatic carbocycles. The summed E-state index contributed by atoms with van der Waals surface area (Å²) in [7, 11) is 2.12. The van der Waals surface area contributed by atoms with E-state index in [2.05, 4.69) is 75.6 Å². The summed E-state index contributed by atoms with van der Waals surface area (Å²) >= 11 is 0. The van der Waals surface area contributed by atoms with Crippen LogP contribution in [0, 0.1) is 6.57 Å². The van der Waals surface area contributed by atoms with Crippen LogP contribution in [0.3, 0.4) is 0 Å². The van der Waals surface area contributed by atoms with Gasteiger partial charge in [-0.25, -0.2) is 11.0 Å². The van der Waals surface area contributed by atoms with Crippen LogP contribution >= 0.6 is 27.0 Å². The molecule has 234 valence electrons. The molecule has 2 fully saturated rings. The van der Waals surface area contributed by atoms with Gasteiger partial charge in [0.15, 0.2) is 5.83 Å². The van der Waals surface area contributed by atoms with Crippen molar-refractivity contribution in [1.82, 2.24) is 19.8 Å². The molecule has 0 saturated carbocycles. The van der Waals surface area contributed by atoms with E-state index in [9.17, 15) is 9.18 Å². The highest BCUT2D eigenvalue weighted by molar-refractivity contribution is 7.59. The number of amides is 1. The van der Waals surface area contributed by atoms with Crippen molar-refractivity contribution in [3.05, 3.63) is 77.5 Å². The number of halogens is 1. The van der Waals surface area contributed by atoms with Gasteiger partial charge in [0.05, 0.1) is 12.2 Å². The summed E-state index contributed by atoms with van der Waals surface area (Å²) in [6.07, 6.45) is 2.97. The molecule has 0 spiro atoms. The average Bonchev–Trinajstić information content (AvgIpc) is 3.43. The molecule has 0 N–H and O–H groups in total. The van der Waals surface area contributed by atoms with Crippen LogP contribution in [0.5, 0.6) is 6.01 Å². The smallest absolute Gasteiger partial charge is 0.318 e. The number of carbonyl (C=O) groups excluding carboxylic acids is 1. The lowest BCUT2D eigenvalue weighted by Crippen LogP contribution is -2.57. The number of nitrogens with zero attached hydrogens (tertiary/aromatic N) is 7. The number of likely N-dealkylation sites (tertiary alicyclic amines) is 1. The Morgan fingerprint density at radius 2 is 1.86 bits per heavy atom. The molecule has 0 unspecified atom stereocenters. The number of rotatable bonds is 7. The van der Waals surface area contributed by atoms with Crippen LogP contribution in [0.1, 0.15) is 24.1 Å². The maximum Gasteiger partial charge on any atom is 0.318 e. The standard InChI is InChI=1S/C32H36FN7O2.2H2S/c1-22(33)31(41)40-17-16-39(19-25(40)18-34-2)30-27-13-15-38(29-12-6-9-23-8-4-5-11-26(23)29)20-28(27)35-32(36-30)42-21-24-10-7-14-37(24)3;;/h4-6,8-9,11-12,24-25H,1,7,10,13-21H2,3H3;2*1H2/t24-,25-;;/m0../s1. The van der Waals surface area contributed by atoms with Crippen LogP contribution in [0.25, 0.3) is 15.6 Å². The van der Waals surface area contributed by atoms with Gasteiger partial charge in [-0.2, -0.15) is 37.0 Å². The molecule has 0 bridgehead atoms. The molecule has 3 aromatic rings. The Bertz CT molecular complexity index is 1550. The zero-order valence-electron chi connectivity index (χ0n) is 25.0. The molecular weight excluding hydrogens is 598 g/mol. The van der Waals surface area contributed by atoms with E-state index in [1.807, 2.05) is 0 Å². The van der Waals surface area contributed by atoms with Crippen molar-refractivity contribution >= 4 is 55.2 Å². The lowest BCUT2D eigenvalue weighted by molar-refractivity contribution is -0.131. The lowest BCUT2D eigenvalue weighted by Gasteiger charge is -2.41. The highest BCUT2D eigenvalue weighted by Crippen LogP contribution is 2.35. The van der Waals surface area contributed by atoms with Gasteiger partial charge in [0.25, 0.3) is 5.91 Å². The molecular formula is C32H40FN7O2S2. The highest BCUT2D eigenvalue weighted by Gasteiger charge is 2.36. The van der Waals surface area contributed by atoms with Gasteiger partial charge in [-0.05, 0) is 44.3 Å². The first-order valence-electron chi connectivity index (χ1n) is 14.6. The van der Waals surface area contributed by atoms with Crippen LogP contribution < -0.4 is 14.5 Å². The molecule has 0 radical (unpaired) electrons. The minimum atomic E-state index is -1.00. The second-order valence-electron chi connectivity index (χ2n) is 11.4. The van der Waals surface area contributed by atoms with E-state index in [1.165, 1.54) is 21.4 Å². The topological polar surface area (TPSA) is 69.4 Å². The Kier molecular flexibility index (Phi) is 11.0. The zero-order chi connectivity index (χ0) is 29.2. The van der Waals surface area contributed by atoms with Crippen molar-refractivity contribution in [3.63, 3.8) is 0 Å². The van der Waals surface area contributed by atoms with E-state index < -0.39 is 17.8 Å². The van der Waals surface area contributed by atoms with E-state index in [0.717, 1.165) is 49.4 Å². The van der Waals surface area contributed by atoms with Gasteiger partial charge in [-0.1, -0.05) is 43.0 Å². The van der Waals surface area contributed by atoms with E-state index >= 15 is 0 Å². The number of piperazine rings is 1. The van der Waals surface area contributed by atoms with Gasteiger partial charge in [0.2, 0.25) is 6.54 Å². The molecule has 9 nitrogen and oxygen atoms in total. The number of likely N-dealkylation sites (N-methyl/N-ethyl adjacent to an activating group) is 1. The van der Waals surface area contributed by atoms with E-state index in [0.29, 0.717) is 38.3 Å². The van der Waals surface area contributed by atoms with E-state index in [-0.39, 0.29) is 40.1 Å². The quantitative estimate of drug-likeness (QED) is 0.283. The third kappa shape index (κ3) is 6.75. The SMILES string of the molecule is S.S.[C-]#[N+]C[C@H]1CN(c2nc(OC[C@@H]3CCCN3C)nc3c2CCN(c2cccc4ccccc24)C3)CCN1C(=O)C(=C)F. The number of anilines is 2. The second-order valence-corrected chi connectivity index (χ2v) is 11.4. The fourth-order valence-corrected chi connectivity index (χ4v) is 6.50. The van der Waals surface area contributed by atoms with Crippen LogP contribution in [0.4, 0.5) is 15.9 Å². The fourth-order valence-electron chi connectivity index (χ4n) is 6.50. The van der Waals surface area contributed by atoms with E-state index in [4.69, 9.17) is 21.3 Å². The Morgan fingerprint density at radius 3 is 2.61 bits per heavy atom. The molecule has 1 aromatic heterocycles. The molecule has 6 rings (SSSR count). The van der Waals surface area contributed by atoms with Gasteiger partial charge in [-0.15, -0.1) is 0 Å². The Labute approximate surface area is 272 Å². The summed E-state index contributed by atoms with van der Waals surface area (Å²) in [5.74, 6) is -0.962. The molecule has 3 aliphatic rings. The Morgan fingerprint density at radius 1 is 1.07 bits per heavy atom. The monoisotopic (exact) mass is 637 g/mol. The predicted octanol–water partition coefficient (Wildman–Crippen LogP) is 4.31. The normalized spacial score (nSPS) is 19.9. The highest BCUT2D eigenvalue weighted by atomic mass is 32.1. The molecule has 2 aromatic carbocycles. The molecule has 44 heavy (non-hydrogen) atoms. The number of fused-ring (bicyclic) bond motifs is 2. The second kappa shape index (κ2) is 14.5. The number of hydrogen-bond acceptors (Lipinski definition) is 7. The van der Waals surface area contributed by atoms with Crippen LogP contribution in [-0.4, -0.2) is 90.7 Å². The molecule has 12 heteroatoms. The maximum absolute atomic E-state index is 13.8. The van der Waals surface area contributed by atoms with Gasteiger partial charge >= 0.3 is 6.01 Å².